The van der Waals surface area contributed by atoms with E-state index in [9.17, 15) is 14.4 Å². The van der Waals surface area contributed by atoms with Gasteiger partial charge in [0, 0.05) is 19.3 Å². The van der Waals surface area contributed by atoms with Crippen LogP contribution in [0.25, 0.3) is 0 Å². The van der Waals surface area contributed by atoms with Crippen LogP contribution in [-0.4, -0.2) is 37.2 Å². The van der Waals surface area contributed by atoms with E-state index in [1.54, 1.807) is 0 Å². The van der Waals surface area contributed by atoms with Crippen molar-refractivity contribution in [3.63, 3.8) is 0 Å². The fraction of sp³-hybridized carbons (Fsp3) is 0.676. The first-order valence-electron chi connectivity index (χ1n) is 32.0. The van der Waals surface area contributed by atoms with Crippen molar-refractivity contribution in [2.24, 2.45) is 0 Å². The molecular formula is C71H118O6. The average molecular weight is 1070 g/mol. The lowest BCUT2D eigenvalue weighted by Crippen LogP contribution is -2.30. The van der Waals surface area contributed by atoms with Crippen LogP contribution in [-0.2, 0) is 28.6 Å². The number of ether oxygens (including phenoxy) is 3. The summed E-state index contributed by atoms with van der Waals surface area (Å²) >= 11 is 0. The first kappa shape index (κ1) is 72.8. The Morgan fingerprint density at radius 1 is 0.273 bits per heavy atom. The Morgan fingerprint density at radius 3 is 0.805 bits per heavy atom. The summed E-state index contributed by atoms with van der Waals surface area (Å²) in [5, 5.41) is 0. The molecule has 0 saturated heterocycles. The molecule has 0 spiro atoms. The topological polar surface area (TPSA) is 78.9 Å². The minimum atomic E-state index is -0.786. The molecule has 0 aromatic rings. The minimum Gasteiger partial charge on any atom is -0.462 e. The summed E-state index contributed by atoms with van der Waals surface area (Å²) in [6, 6.07) is 0. The van der Waals surface area contributed by atoms with Gasteiger partial charge in [-0.3, -0.25) is 14.4 Å². The van der Waals surface area contributed by atoms with Gasteiger partial charge in [-0.1, -0.05) is 277 Å². The predicted octanol–water partition coefficient (Wildman–Crippen LogP) is 22.0. The Balaban J connectivity index is 4.12. The number of hydrogen-bond donors (Lipinski definition) is 0. The molecule has 0 saturated carbocycles. The standard InChI is InChI=1S/C71H118O6/c1-4-7-10-13-15-17-19-21-23-25-27-29-30-31-32-33-34-35-36-37-38-39-40-42-43-45-47-49-51-53-55-58-61-64-70(73)76-67-68(66-75-69(72)63-60-57-12-9-6-3)77-71(74)65-62-59-56-54-52-50-48-46-44-41-28-26-24-22-20-18-16-14-11-8-5-2/h7,10,15,17,21,23,26-29,31-32,34-35,37-38,40,42,45,47,68H,4-6,8-9,11-14,16,18-20,22,24-25,30,33,36,39,41,43-44,46,48-67H2,1-3H3/b10-7-,17-15-,23-21-,28-26-,29-27-,32-31-,35-34-,38-37-,42-40-,47-45-. The number of hydrogen-bond acceptors (Lipinski definition) is 6. The molecule has 0 aliphatic carbocycles. The Bertz CT molecular complexity index is 1600. The highest BCUT2D eigenvalue weighted by Crippen LogP contribution is 2.15. The van der Waals surface area contributed by atoms with E-state index in [0.717, 1.165) is 141 Å². The molecule has 0 aliphatic rings. The lowest BCUT2D eigenvalue weighted by molar-refractivity contribution is -0.167. The predicted molar refractivity (Wildman–Crippen MR) is 334 cm³/mol. The molecule has 0 amide bonds. The van der Waals surface area contributed by atoms with E-state index in [0.29, 0.717) is 19.3 Å². The highest BCUT2D eigenvalue weighted by molar-refractivity contribution is 5.71. The molecule has 0 bridgehead atoms. The third-order valence-electron chi connectivity index (χ3n) is 13.5. The molecule has 6 heteroatoms. The van der Waals surface area contributed by atoms with Gasteiger partial charge in [0.25, 0.3) is 0 Å². The Hall–Kier alpha value is -4.19. The number of carbonyl (C=O) groups is 3. The van der Waals surface area contributed by atoms with Gasteiger partial charge in [0.1, 0.15) is 13.2 Å². The van der Waals surface area contributed by atoms with E-state index in [1.165, 1.54) is 109 Å². The number of allylic oxidation sites excluding steroid dienone is 20. The maximum Gasteiger partial charge on any atom is 0.306 e. The van der Waals surface area contributed by atoms with E-state index in [1.807, 2.05) is 0 Å². The second-order valence-corrected chi connectivity index (χ2v) is 20.9. The third-order valence-corrected chi connectivity index (χ3v) is 13.5. The van der Waals surface area contributed by atoms with Crippen LogP contribution in [0.4, 0.5) is 0 Å². The molecule has 0 rings (SSSR count). The van der Waals surface area contributed by atoms with Crippen molar-refractivity contribution in [2.45, 2.75) is 297 Å². The summed E-state index contributed by atoms with van der Waals surface area (Å²) in [4.78, 5) is 37.9. The molecule has 77 heavy (non-hydrogen) atoms. The van der Waals surface area contributed by atoms with Crippen molar-refractivity contribution in [2.75, 3.05) is 13.2 Å². The maximum absolute atomic E-state index is 12.8. The van der Waals surface area contributed by atoms with Gasteiger partial charge in [-0.25, -0.2) is 0 Å². The molecule has 1 unspecified atom stereocenters. The molecule has 0 heterocycles. The molecule has 0 fully saturated rings. The zero-order valence-corrected chi connectivity index (χ0v) is 50.2. The van der Waals surface area contributed by atoms with Gasteiger partial charge in [-0.2, -0.15) is 0 Å². The molecule has 0 aromatic heterocycles. The minimum absolute atomic E-state index is 0.0865. The van der Waals surface area contributed by atoms with Gasteiger partial charge in [-0.15, -0.1) is 0 Å². The summed E-state index contributed by atoms with van der Waals surface area (Å²) in [6.07, 6.45) is 89.7. The second-order valence-electron chi connectivity index (χ2n) is 20.9. The van der Waals surface area contributed by atoms with Crippen molar-refractivity contribution >= 4 is 17.9 Å². The molecule has 0 N–H and O–H groups in total. The third kappa shape index (κ3) is 62.5. The molecule has 6 nitrogen and oxygen atoms in total. The summed E-state index contributed by atoms with van der Waals surface area (Å²) in [5.74, 6) is -0.920. The quantitative estimate of drug-likeness (QED) is 0.0261. The van der Waals surface area contributed by atoms with Crippen LogP contribution in [0.5, 0.6) is 0 Å². The van der Waals surface area contributed by atoms with Crippen molar-refractivity contribution in [3.05, 3.63) is 122 Å². The van der Waals surface area contributed by atoms with Crippen LogP contribution in [0.15, 0.2) is 122 Å². The van der Waals surface area contributed by atoms with Crippen LogP contribution in [0.1, 0.15) is 290 Å². The largest absolute Gasteiger partial charge is 0.462 e. The Morgan fingerprint density at radius 2 is 0.506 bits per heavy atom. The molecule has 0 radical (unpaired) electrons. The fourth-order valence-electron chi connectivity index (χ4n) is 8.67. The van der Waals surface area contributed by atoms with Crippen molar-refractivity contribution < 1.29 is 28.6 Å². The Labute approximate surface area is 475 Å². The van der Waals surface area contributed by atoms with Crippen LogP contribution < -0.4 is 0 Å². The molecular weight excluding hydrogens is 949 g/mol. The van der Waals surface area contributed by atoms with E-state index < -0.39 is 6.10 Å². The Kier molecular flexibility index (Phi) is 60.8. The SMILES string of the molecule is CC/C=C\C/C=C\C/C=C\C/C=C\C/C=C\C/C=C\C/C=C\C/C=C\C/C=C\CCCCCCCC(=O)OCC(COC(=O)CCCCCCC)OC(=O)CCCCCCCCCCC/C=C\CCCCCCCCCC. The fourth-order valence-corrected chi connectivity index (χ4v) is 8.67. The molecule has 438 valence electrons. The lowest BCUT2D eigenvalue weighted by Gasteiger charge is -2.18. The summed E-state index contributed by atoms with van der Waals surface area (Å²) in [7, 11) is 0. The summed E-state index contributed by atoms with van der Waals surface area (Å²) < 4.78 is 16.7. The van der Waals surface area contributed by atoms with Gasteiger partial charge in [-0.05, 0) is 116 Å². The van der Waals surface area contributed by atoms with Gasteiger partial charge >= 0.3 is 17.9 Å². The van der Waals surface area contributed by atoms with E-state index in [-0.39, 0.29) is 31.1 Å². The van der Waals surface area contributed by atoms with E-state index in [4.69, 9.17) is 14.2 Å². The first-order valence-corrected chi connectivity index (χ1v) is 32.0. The molecule has 0 aliphatic heterocycles. The highest BCUT2D eigenvalue weighted by atomic mass is 16.6. The van der Waals surface area contributed by atoms with Crippen LogP contribution in [0.2, 0.25) is 0 Å². The van der Waals surface area contributed by atoms with E-state index in [2.05, 4.69) is 142 Å². The summed E-state index contributed by atoms with van der Waals surface area (Å²) in [6.45, 7) is 6.43. The average Bonchev–Trinajstić information content (AvgIpc) is 3.43. The number of esters is 3. The smallest absolute Gasteiger partial charge is 0.306 e. The normalized spacial score (nSPS) is 12.9. The van der Waals surface area contributed by atoms with Gasteiger partial charge in [0.15, 0.2) is 6.10 Å². The van der Waals surface area contributed by atoms with Crippen molar-refractivity contribution in [1.29, 1.82) is 0 Å². The van der Waals surface area contributed by atoms with Gasteiger partial charge in [0.05, 0.1) is 0 Å². The zero-order valence-electron chi connectivity index (χ0n) is 50.2. The highest BCUT2D eigenvalue weighted by Gasteiger charge is 2.19. The van der Waals surface area contributed by atoms with Crippen molar-refractivity contribution in [3.8, 4) is 0 Å². The lowest BCUT2D eigenvalue weighted by atomic mass is 10.1. The van der Waals surface area contributed by atoms with Gasteiger partial charge in [0.2, 0.25) is 0 Å². The summed E-state index contributed by atoms with van der Waals surface area (Å²) in [5.41, 5.74) is 0. The van der Waals surface area contributed by atoms with E-state index >= 15 is 0 Å². The molecule has 1 atom stereocenters. The second kappa shape index (κ2) is 64.3. The van der Waals surface area contributed by atoms with Gasteiger partial charge < -0.3 is 14.2 Å². The first-order chi connectivity index (χ1) is 38.0. The monoisotopic (exact) mass is 1070 g/mol. The van der Waals surface area contributed by atoms with Crippen molar-refractivity contribution in [1.82, 2.24) is 0 Å². The number of carbonyl (C=O) groups excluding carboxylic acids is 3. The van der Waals surface area contributed by atoms with Crippen LogP contribution >= 0.6 is 0 Å². The van der Waals surface area contributed by atoms with Crippen LogP contribution in [0.3, 0.4) is 0 Å². The number of unbranched alkanes of at least 4 members (excludes halogenated alkanes) is 26. The molecule has 0 aromatic carbocycles. The maximum atomic E-state index is 12.8. The number of rotatable bonds is 57. The zero-order chi connectivity index (χ0) is 55.7. The van der Waals surface area contributed by atoms with Crippen LogP contribution in [0, 0.1) is 0 Å².